The van der Waals surface area contributed by atoms with Crippen molar-refractivity contribution in [1.29, 1.82) is 0 Å². The standard InChI is InChI=1S/C20H14F2N2O2/c21-16-11-4-5-12-17(16)24-20(26)15-10-6-9-14(18(15)22)19(25)23-13-7-2-1-3-8-13/h1-12H,(H,23,25)(H,24,26). The number of rotatable bonds is 4. The van der Waals surface area contributed by atoms with Crippen molar-refractivity contribution in [2.75, 3.05) is 10.6 Å². The van der Waals surface area contributed by atoms with Crippen LogP contribution in [0.4, 0.5) is 20.2 Å². The molecule has 0 aliphatic carbocycles. The van der Waals surface area contributed by atoms with Crippen molar-refractivity contribution in [3.05, 3.63) is 95.6 Å². The SMILES string of the molecule is O=C(Nc1ccccc1)c1cccc(C(=O)Nc2ccccc2F)c1F. The minimum absolute atomic E-state index is 0.0731. The van der Waals surface area contributed by atoms with Gasteiger partial charge in [-0.2, -0.15) is 0 Å². The molecular weight excluding hydrogens is 338 g/mol. The topological polar surface area (TPSA) is 58.2 Å². The second-order valence-electron chi connectivity index (χ2n) is 5.42. The van der Waals surface area contributed by atoms with Gasteiger partial charge in [0.05, 0.1) is 16.8 Å². The van der Waals surface area contributed by atoms with Crippen LogP contribution in [0.3, 0.4) is 0 Å². The lowest BCUT2D eigenvalue weighted by molar-refractivity contribution is 0.102. The van der Waals surface area contributed by atoms with E-state index in [9.17, 15) is 18.4 Å². The highest BCUT2D eigenvalue weighted by atomic mass is 19.1. The zero-order valence-electron chi connectivity index (χ0n) is 13.5. The minimum atomic E-state index is -0.977. The van der Waals surface area contributed by atoms with E-state index in [0.717, 1.165) is 0 Å². The molecule has 0 fully saturated rings. The van der Waals surface area contributed by atoms with Crippen molar-refractivity contribution in [3.8, 4) is 0 Å². The number of carbonyl (C=O) groups is 2. The molecule has 2 N–H and O–H groups in total. The second-order valence-corrected chi connectivity index (χ2v) is 5.42. The number of halogens is 2. The molecule has 3 aromatic carbocycles. The van der Waals surface area contributed by atoms with Gasteiger partial charge in [0.1, 0.15) is 11.6 Å². The van der Waals surface area contributed by atoms with E-state index in [1.165, 1.54) is 36.4 Å². The summed E-state index contributed by atoms with van der Waals surface area (Å²) in [6.07, 6.45) is 0. The molecule has 0 unspecified atom stereocenters. The molecule has 0 aliphatic rings. The normalized spacial score (nSPS) is 10.2. The van der Waals surface area contributed by atoms with E-state index in [1.54, 1.807) is 36.4 Å². The monoisotopic (exact) mass is 352 g/mol. The summed E-state index contributed by atoms with van der Waals surface area (Å²) in [6.45, 7) is 0. The molecule has 130 valence electrons. The van der Waals surface area contributed by atoms with Crippen molar-refractivity contribution in [3.63, 3.8) is 0 Å². The average Bonchev–Trinajstić information content (AvgIpc) is 2.64. The largest absolute Gasteiger partial charge is 0.322 e. The summed E-state index contributed by atoms with van der Waals surface area (Å²) in [5, 5.41) is 4.85. The Balaban J connectivity index is 1.84. The number of para-hydroxylation sites is 2. The molecule has 0 atom stereocenters. The first-order chi connectivity index (χ1) is 12.6. The quantitative estimate of drug-likeness (QED) is 0.728. The average molecular weight is 352 g/mol. The van der Waals surface area contributed by atoms with Gasteiger partial charge in [-0.05, 0) is 36.4 Å². The Hall–Kier alpha value is -3.54. The Morgan fingerprint density at radius 1 is 0.654 bits per heavy atom. The first kappa shape index (κ1) is 17.3. The van der Waals surface area contributed by atoms with Crippen LogP contribution >= 0.6 is 0 Å². The van der Waals surface area contributed by atoms with E-state index in [4.69, 9.17) is 0 Å². The Morgan fingerprint density at radius 2 is 1.23 bits per heavy atom. The fourth-order valence-electron chi connectivity index (χ4n) is 2.35. The lowest BCUT2D eigenvalue weighted by Crippen LogP contribution is -2.19. The predicted molar refractivity (Wildman–Crippen MR) is 95.1 cm³/mol. The molecule has 0 spiro atoms. The maximum atomic E-state index is 14.7. The van der Waals surface area contributed by atoms with Gasteiger partial charge in [-0.15, -0.1) is 0 Å². The fraction of sp³-hybridized carbons (Fsp3) is 0. The summed E-state index contributed by atoms with van der Waals surface area (Å²) in [5.41, 5.74) is -0.210. The van der Waals surface area contributed by atoms with Gasteiger partial charge in [0.15, 0.2) is 0 Å². The second kappa shape index (κ2) is 7.57. The van der Waals surface area contributed by atoms with Gasteiger partial charge in [-0.25, -0.2) is 8.78 Å². The molecule has 4 nitrogen and oxygen atoms in total. The molecule has 3 rings (SSSR count). The van der Waals surface area contributed by atoms with E-state index in [1.807, 2.05) is 0 Å². The fourth-order valence-corrected chi connectivity index (χ4v) is 2.35. The smallest absolute Gasteiger partial charge is 0.258 e. The Kier molecular flexibility index (Phi) is 5.03. The van der Waals surface area contributed by atoms with Crippen LogP contribution in [0, 0.1) is 11.6 Å². The van der Waals surface area contributed by atoms with Crippen LogP contribution in [0.25, 0.3) is 0 Å². The van der Waals surface area contributed by atoms with Crippen molar-refractivity contribution in [2.45, 2.75) is 0 Å². The number of nitrogens with one attached hydrogen (secondary N) is 2. The predicted octanol–water partition coefficient (Wildman–Crippen LogP) is 4.47. The maximum Gasteiger partial charge on any atom is 0.258 e. The number of hydrogen-bond donors (Lipinski definition) is 2. The molecule has 0 aliphatic heterocycles. The molecule has 0 saturated carbocycles. The maximum absolute atomic E-state index is 14.7. The number of benzene rings is 3. The van der Waals surface area contributed by atoms with Gasteiger partial charge in [0, 0.05) is 5.69 Å². The van der Waals surface area contributed by atoms with Gasteiger partial charge < -0.3 is 10.6 Å². The van der Waals surface area contributed by atoms with Crippen LogP contribution < -0.4 is 10.6 Å². The number of carbonyl (C=O) groups excluding carboxylic acids is 2. The summed E-state index contributed by atoms with van der Waals surface area (Å²) in [6, 6.07) is 18.0. The molecule has 0 saturated heterocycles. The van der Waals surface area contributed by atoms with Crippen LogP contribution in [0.2, 0.25) is 0 Å². The van der Waals surface area contributed by atoms with Crippen LogP contribution in [-0.2, 0) is 0 Å². The van der Waals surface area contributed by atoms with E-state index >= 15 is 0 Å². The Bertz CT molecular complexity index is 959. The summed E-state index contributed by atoms with van der Waals surface area (Å²) in [7, 11) is 0. The lowest BCUT2D eigenvalue weighted by Gasteiger charge is -2.10. The van der Waals surface area contributed by atoms with E-state index < -0.39 is 23.4 Å². The molecule has 0 heterocycles. The summed E-state index contributed by atoms with van der Waals surface area (Å²) < 4.78 is 28.3. The zero-order chi connectivity index (χ0) is 18.5. The highest BCUT2D eigenvalue weighted by Gasteiger charge is 2.20. The molecule has 26 heavy (non-hydrogen) atoms. The molecule has 0 radical (unpaired) electrons. The van der Waals surface area contributed by atoms with Crippen molar-refractivity contribution < 1.29 is 18.4 Å². The molecule has 0 aromatic heterocycles. The van der Waals surface area contributed by atoms with Crippen LogP contribution in [0.5, 0.6) is 0 Å². The zero-order valence-corrected chi connectivity index (χ0v) is 13.5. The highest BCUT2D eigenvalue weighted by molar-refractivity contribution is 6.09. The third-order valence-corrected chi connectivity index (χ3v) is 3.64. The van der Waals surface area contributed by atoms with Gasteiger partial charge in [0.25, 0.3) is 11.8 Å². The Labute approximate surface area is 148 Å². The van der Waals surface area contributed by atoms with E-state index in [0.29, 0.717) is 5.69 Å². The first-order valence-corrected chi connectivity index (χ1v) is 7.77. The van der Waals surface area contributed by atoms with Crippen LogP contribution in [0.15, 0.2) is 72.8 Å². The molecule has 3 aromatic rings. The first-order valence-electron chi connectivity index (χ1n) is 7.77. The molecule has 0 bridgehead atoms. The van der Waals surface area contributed by atoms with E-state index in [2.05, 4.69) is 10.6 Å². The molecule has 2 amide bonds. The summed E-state index contributed by atoms with van der Waals surface area (Å²) in [4.78, 5) is 24.6. The van der Waals surface area contributed by atoms with Crippen molar-refractivity contribution in [2.24, 2.45) is 0 Å². The Morgan fingerprint density at radius 3 is 1.88 bits per heavy atom. The molecule has 6 heteroatoms. The van der Waals surface area contributed by atoms with Crippen molar-refractivity contribution in [1.82, 2.24) is 0 Å². The van der Waals surface area contributed by atoms with Crippen LogP contribution in [0.1, 0.15) is 20.7 Å². The van der Waals surface area contributed by atoms with Gasteiger partial charge in [-0.3, -0.25) is 9.59 Å². The van der Waals surface area contributed by atoms with Gasteiger partial charge in [-0.1, -0.05) is 36.4 Å². The third kappa shape index (κ3) is 3.75. The van der Waals surface area contributed by atoms with Crippen LogP contribution in [-0.4, -0.2) is 11.8 Å². The van der Waals surface area contributed by atoms with Gasteiger partial charge >= 0.3 is 0 Å². The number of hydrogen-bond acceptors (Lipinski definition) is 2. The third-order valence-electron chi connectivity index (χ3n) is 3.64. The summed E-state index contributed by atoms with van der Waals surface area (Å²) in [5.74, 6) is -3.15. The van der Waals surface area contributed by atoms with E-state index in [-0.39, 0.29) is 16.8 Å². The minimum Gasteiger partial charge on any atom is -0.322 e. The number of anilines is 2. The van der Waals surface area contributed by atoms with Crippen molar-refractivity contribution >= 4 is 23.2 Å². The number of amides is 2. The highest BCUT2D eigenvalue weighted by Crippen LogP contribution is 2.18. The lowest BCUT2D eigenvalue weighted by atomic mass is 10.1. The van der Waals surface area contributed by atoms with Gasteiger partial charge in [0.2, 0.25) is 0 Å². The molecular formula is C20H14F2N2O2. The summed E-state index contributed by atoms with van der Waals surface area (Å²) >= 11 is 0.